The molecule has 1 N–H and O–H groups in total. The molecule has 0 saturated carbocycles. The molecule has 0 aliphatic heterocycles. The summed E-state index contributed by atoms with van der Waals surface area (Å²) in [6, 6.07) is 2.57. The van der Waals surface area contributed by atoms with Crippen LogP contribution in [0.25, 0.3) is 0 Å². The molecule has 0 bridgehead atoms. The van der Waals surface area contributed by atoms with E-state index in [9.17, 15) is 4.79 Å². The normalized spacial score (nSPS) is 10.2. The third kappa shape index (κ3) is 3.32. The molecule has 0 fully saturated rings. The Labute approximate surface area is 77.0 Å². The van der Waals surface area contributed by atoms with Gasteiger partial charge in [0.05, 0.1) is 6.07 Å². The minimum absolute atomic E-state index is 0.0113. The predicted molar refractivity (Wildman–Crippen MR) is 49.9 cm³/mol. The van der Waals surface area contributed by atoms with Gasteiger partial charge in [-0.15, -0.1) is 0 Å². The Hall–Kier alpha value is -1.25. The van der Waals surface area contributed by atoms with Gasteiger partial charge >= 0.3 is 5.63 Å². The van der Waals surface area contributed by atoms with Crippen molar-refractivity contribution in [2.24, 2.45) is 0 Å². The van der Waals surface area contributed by atoms with Gasteiger partial charge in [-0.25, -0.2) is 4.79 Å². The summed E-state index contributed by atoms with van der Waals surface area (Å²) in [4.78, 5) is 10.8. The van der Waals surface area contributed by atoms with Crippen molar-refractivity contribution in [2.45, 2.75) is 32.6 Å². The molecular weight excluding hydrogens is 168 g/mol. The Kier molecular flexibility index (Phi) is 3.55. The fourth-order valence-electron chi connectivity index (χ4n) is 1.19. The maximum absolute atomic E-state index is 10.8. The van der Waals surface area contributed by atoms with E-state index < -0.39 is 5.63 Å². The molecule has 0 spiro atoms. The van der Waals surface area contributed by atoms with Crippen molar-refractivity contribution in [3.05, 3.63) is 28.3 Å². The van der Waals surface area contributed by atoms with E-state index in [0.29, 0.717) is 5.76 Å². The summed E-state index contributed by atoms with van der Waals surface area (Å²) in [6.07, 6.45) is 3.95. The predicted octanol–water partition coefficient (Wildman–Crippen LogP) is 2.08. The first kappa shape index (κ1) is 9.84. The average Bonchev–Trinajstić information content (AvgIpc) is 2.03. The lowest BCUT2D eigenvalue weighted by Crippen LogP contribution is -1.98. The van der Waals surface area contributed by atoms with Crippen LogP contribution in [0.5, 0.6) is 5.75 Å². The highest BCUT2D eigenvalue weighted by Crippen LogP contribution is 2.10. The van der Waals surface area contributed by atoms with E-state index in [4.69, 9.17) is 9.52 Å². The summed E-state index contributed by atoms with van der Waals surface area (Å²) in [6.45, 7) is 2.11. The minimum Gasteiger partial charge on any atom is -0.508 e. The largest absolute Gasteiger partial charge is 0.508 e. The topological polar surface area (TPSA) is 50.4 Å². The lowest BCUT2D eigenvalue weighted by molar-refractivity contribution is 0.419. The molecule has 1 heterocycles. The molecular formula is C10H14O3. The van der Waals surface area contributed by atoms with Gasteiger partial charge in [0, 0.05) is 12.5 Å². The van der Waals surface area contributed by atoms with Crippen LogP contribution in [0, 0.1) is 0 Å². The summed E-state index contributed by atoms with van der Waals surface area (Å²) < 4.78 is 4.89. The average molecular weight is 182 g/mol. The quantitative estimate of drug-likeness (QED) is 0.725. The second-order valence-corrected chi connectivity index (χ2v) is 3.06. The van der Waals surface area contributed by atoms with E-state index in [1.165, 1.54) is 6.07 Å². The maximum Gasteiger partial charge on any atom is 0.339 e. The maximum atomic E-state index is 10.8. The van der Waals surface area contributed by atoms with Crippen molar-refractivity contribution in [1.82, 2.24) is 0 Å². The van der Waals surface area contributed by atoms with Gasteiger partial charge in [0.25, 0.3) is 0 Å². The summed E-state index contributed by atoms with van der Waals surface area (Å²) in [5.41, 5.74) is -0.480. The molecule has 1 aromatic rings. The molecule has 0 aromatic carbocycles. The summed E-state index contributed by atoms with van der Waals surface area (Å²) in [5.74, 6) is 0.557. The fourth-order valence-corrected chi connectivity index (χ4v) is 1.19. The molecule has 1 aromatic heterocycles. The van der Waals surface area contributed by atoms with Crippen molar-refractivity contribution in [2.75, 3.05) is 0 Å². The Morgan fingerprint density at radius 1 is 1.38 bits per heavy atom. The van der Waals surface area contributed by atoms with Crippen LogP contribution in [-0.4, -0.2) is 5.11 Å². The van der Waals surface area contributed by atoms with Crippen LogP contribution in [0.15, 0.2) is 21.3 Å². The molecule has 0 unspecified atom stereocenters. The van der Waals surface area contributed by atoms with E-state index in [1.54, 1.807) is 0 Å². The van der Waals surface area contributed by atoms with Crippen LogP contribution < -0.4 is 5.63 Å². The highest BCUT2D eigenvalue weighted by Gasteiger charge is 1.99. The van der Waals surface area contributed by atoms with Gasteiger partial charge in [0.2, 0.25) is 0 Å². The molecule has 72 valence electrons. The Bertz CT molecular complexity index is 314. The van der Waals surface area contributed by atoms with Crippen LogP contribution in [0.2, 0.25) is 0 Å². The molecule has 0 saturated heterocycles. The van der Waals surface area contributed by atoms with Crippen LogP contribution >= 0.6 is 0 Å². The van der Waals surface area contributed by atoms with Gasteiger partial charge in [-0.1, -0.05) is 19.8 Å². The van der Waals surface area contributed by atoms with Crippen molar-refractivity contribution < 1.29 is 9.52 Å². The standard InChI is InChI=1S/C10H14O3/c1-2-3-4-5-9-6-8(11)7-10(12)13-9/h6-7,11H,2-5H2,1H3. The third-order valence-electron chi connectivity index (χ3n) is 1.83. The second-order valence-electron chi connectivity index (χ2n) is 3.06. The smallest absolute Gasteiger partial charge is 0.339 e. The molecule has 0 aliphatic rings. The first-order valence-electron chi connectivity index (χ1n) is 4.55. The number of hydrogen-bond donors (Lipinski definition) is 1. The van der Waals surface area contributed by atoms with E-state index in [-0.39, 0.29) is 5.75 Å². The lowest BCUT2D eigenvalue weighted by Gasteiger charge is -1.98. The van der Waals surface area contributed by atoms with Gasteiger partial charge in [0.15, 0.2) is 0 Å². The molecule has 0 aliphatic carbocycles. The summed E-state index contributed by atoms with van der Waals surface area (Å²) in [7, 11) is 0. The first-order chi connectivity index (χ1) is 6.22. The molecule has 1 rings (SSSR count). The van der Waals surface area contributed by atoms with Crippen LogP contribution in [0.4, 0.5) is 0 Å². The van der Waals surface area contributed by atoms with Gasteiger partial charge in [-0.2, -0.15) is 0 Å². The third-order valence-corrected chi connectivity index (χ3v) is 1.83. The molecule has 0 radical (unpaired) electrons. The Morgan fingerprint density at radius 2 is 2.15 bits per heavy atom. The van der Waals surface area contributed by atoms with E-state index >= 15 is 0 Å². The van der Waals surface area contributed by atoms with E-state index in [2.05, 4.69) is 6.92 Å². The monoisotopic (exact) mass is 182 g/mol. The molecule has 3 heteroatoms. The SMILES string of the molecule is CCCCCc1cc(O)cc(=O)o1. The van der Waals surface area contributed by atoms with Gasteiger partial charge < -0.3 is 9.52 Å². The zero-order valence-corrected chi connectivity index (χ0v) is 7.75. The van der Waals surface area contributed by atoms with Gasteiger partial charge in [-0.3, -0.25) is 0 Å². The molecule has 0 amide bonds. The van der Waals surface area contributed by atoms with Crippen LogP contribution in [0.1, 0.15) is 31.9 Å². The van der Waals surface area contributed by atoms with Gasteiger partial charge in [-0.05, 0) is 6.42 Å². The fraction of sp³-hybridized carbons (Fsp3) is 0.500. The summed E-state index contributed by atoms with van der Waals surface area (Å²) in [5, 5.41) is 9.09. The number of hydrogen-bond acceptors (Lipinski definition) is 3. The minimum atomic E-state index is -0.480. The van der Waals surface area contributed by atoms with Crippen LogP contribution in [0.3, 0.4) is 0 Å². The Morgan fingerprint density at radius 3 is 2.77 bits per heavy atom. The van der Waals surface area contributed by atoms with Crippen LogP contribution in [-0.2, 0) is 6.42 Å². The lowest BCUT2D eigenvalue weighted by atomic mass is 10.1. The zero-order chi connectivity index (χ0) is 9.68. The Balaban J connectivity index is 2.61. The molecule has 3 nitrogen and oxygen atoms in total. The number of rotatable bonds is 4. The highest BCUT2D eigenvalue weighted by molar-refractivity contribution is 5.18. The number of aryl methyl sites for hydroxylation is 1. The van der Waals surface area contributed by atoms with E-state index in [0.717, 1.165) is 31.7 Å². The van der Waals surface area contributed by atoms with Crippen molar-refractivity contribution in [3.8, 4) is 5.75 Å². The zero-order valence-electron chi connectivity index (χ0n) is 7.75. The van der Waals surface area contributed by atoms with E-state index in [1.807, 2.05) is 0 Å². The molecule has 13 heavy (non-hydrogen) atoms. The number of unbranched alkanes of at least 4 members (excludes halogenated alkanes) is 2. The van der Waals surface area contributed by atoms with Crippen molar-refractivity contribution in [3.63, 3.8) is 0 Å². The second kappa shape index (κ2) is 4.70. The van der Waals surface area contributed by atoms with Gasteiger partial charge in [0.1, 0.15) is 11.5 Å². The molecule has 0 atom stereocenters. The highest BCUT2D eigenvalue weighted by atomic mass is 16.4. The first-order valence-corrected chi connectivity index (χ1v) is 4.55. The summed E-state index contributed by atoms with van der Waals surface area (Å²) >= 11 is 0. The number of aromatic hydroxyl groups is 1. The van der Waals surface area contributed by atoms with Crippen molar-refractivity contribution in [1.29, 1.82) is 0 Å². The van der Waals surface area contributed by atoms with Crippen molar-refractivity contribution >= 4 is 0 Å².